The van der Waals surface area contributed by atoms with Gasteiger partial charge in [-0.2, -0.15) is 0 Å². The lowest BCUT2D eigenvalue weighted by atomic mass is 10.1. The fraction of sp³-hybridized carbons (Fsp3) is 0.182. The van der Waals surface area contributed by atoms with Crippen LogP contribution in [0.4, 0.5) is 0 Å². The lowest BCUT2D eigenvalue weighted by Crippen LogP contribution is -2.25. The number of hydrogen-bond donors (Lipinski definition) is 1. The fourth-order valence-corrected chi connectivity index (χ4v) is 5.25. The summed E-state index contributed by atoms with van der Waals surface area (Å²) in [5.74, 6) is 4.22. The average molecular weight is 597 g/mol. The van der Waals surface area contributed by atoms with Crippen LogP contribution in [0.25, 0.3) is 5.69 Å². The molecule has 1 heterocycles. The highest BCUT2D eigenvalue weighted by atomic mass is 32.2. The number of nitrogens with one attached hydrogen (secondary N) is 1. The number of amides is 1. The zero-order valence-electron chi connectivity index (χ0n) is 24.2. The maximum Gasteiger partial charge on any atom is 0.230 e. The zero-order valence-corrected chi connectivity index (χ0v) is 25.0. The third kappa shape index (κ3) is 7.47. The normalized spacial score (nSPS) is 10.7. The Balaban J connectivity index is 1.36. The number of para-hydroxylation sites is 2. The van der Waals surface area contributed by atoms with Crippen LogP contribution in [0.1, 0.15) is 17.0 Å². The smallest absolute Gasteiger partial charge is 0.230 e. The molecule has 10 heteroatoms. The van der Waals surface area contributed by atoms with Crippen LogP contribution in [-0.4, -0.2) is 47.8 Å². The van der Waals surface area contributed by atoms with E-state index in [1.54, 1.807) is 21.3 Å². The van der Waals surface area contributed by atoms with Gasteiger partial charge in [0, 0.05) is 24.2 Å². The Bertz CT molecular complexity index is 1660. The monoisotopic (exact) mass is 596 g/mol. The van der Waals surface area contributed by atoms with Gasteiger partial charge in [0.25, 0.3) is 0 Å². The molecule has 5 aromatic rings. The van der Waals surface area contributed by atoms with Gasteiger partial charge in [-0.25, -0.2) is 0 Å². The molecular formula is C33H32N4O5S. The highest BCUT2D eigenvalue weighted by Gasteiger charge is 2.18. The van der Waals surface area contributed by atoms with E-state index in [1.165, 1.54) is 11.8 Å². The molecule has 0 saturated carbocycles. The molecule has 1 amide bonds. The largest absolute Gasteiger partial charge is 0.496 e. The van der Waals surface area contributed by atoms with Crippen LogP contribution in [0.2, 0.25) is 0 Å². The van der Waals surface area contributed by atoms with Gasteiger partial charge in [0.15, 0.2) is 16.7 Å². The van der Waals surface area contributed by atoms with Crippen LogP contribution < -0.4 is 24.3 Å². The number of ether oxygens (including phenoxy) is 4. The molecule has 0 fully saturated rings. The quantitative estimate of drug-likeness (QED) is 0.163. The first kappa shape index (κ1) is 29.5. The lowest BCUT2D eigenvalue weighted by molar-refractivity contribution is -0.118. The van der Waals surface area contributed by atoms with Crippen molar-refractivity contribution in [3.8, 4) is 34.4 Å². The summed E-state index contributed by atoms with van der Waals surface area (Å²) in [5, 5.41) is 12.5. The number of hydrogen-bond acceptors (Lipinski definition) is 8. The van der Waals surface area contributed by atoms with Gasteiger partial charge in [0.2, 0.25) is 5.91 Å². The van der Waals surface area contributed by atoms with E-state index in [4.69, 9.17) is 18.9 Å². The molecule has 0 atom stereocenters. The standard InChI is InChI=1S/C33H32N4O5S/c1-39-28-12-8-7-9-24(28)21-34-32(38)22-43-33-36-35-31(20-23-13-18-29(40-2)30(19-23)41-3)37(33)25-14-16-27(17-15-25)42-26-10-5-4-6-11-26/h4-19H,20-22H2,1-3H3,(H,34,38). The number of methoxy groups -OCH3 is 3. The molecule has 220 valence electrons. The number of aromatic nitrogens is 3. The van der Waals surface area contributed by atoms with Crippen molar-refractivity contribution < 1.29 is 23.7 Å². The van der Waals surface area contributed by atoms with Gasteiger partial charge in [-0.05, 0) is 60.2 Å². The summed E-state index contributed by atoms with van der Waals surface area (Å²) in [6, 6.07) is 30.7. The van der Waals surface area contributed by atoms with E-state index in [0.29, 0.717) is 41.2 Å². The molecule has 9 nitrogen and oxygen atoms in total. The van der Waals surface area contributed by atoms with E-state index < -0.39 is 0 Å². The van der Waals surface area contributed by atoms with E-state index in [2.05, 4.69) is 15.5 Å². The Kier molecular flexibility index (Phi) is 9.81. The molecule has 0 radical (unpaired) electrons. The molecule has 0 spiro atoms. The van der Waals surface area contributed by atoms with Crippen molar-refractivity contribution in [3.05, 3.63) is 114 Å². The third-order valence-corrected chi connectivity index (χ3v) is 7.51. The number of nitrogens with zero attached hydrogens (tertiary/aromatic N) is 3. The van der Waals surface area contributed by atoms with Crippen molar-refractivity contribution in [3.63, 3.8) is 0 Å². The van der Waals surface area contributed by atoms with E-state index in [9.17, 15) is 4.79 Å². The number of benzene rings is 4. The van der Waals surface area contributed by atoms with E-state index >= 15 is 0 Å². The van der Waals surface area contributed by atoms with Crippen LogP contribution in [0.15, 0.2) is 102 Å². The van der Waals surface area contributed by atoms with E-state index in [0.717, 1.165) is 28.3 Å². The van der Waals surface area contributed by atoms with Crippen molar-refractivity contribution in [1.29, 1.82) is 0 Å². The molecule has 0 aliphatic heterocycles. The van der Waals surface area contributed by atoms with Gasteiger partial charge in [0.05, 0.1) is 27.1 Å². The predicted molar refractivity (Wildman–Crippen MR) is 166 cm³/mol. The predicted octanol–water partition coefficient (Wildman–Crippen LogP) is 6.08. The Morgan fingerprint density at radius 1 is 0.767 bits per heavy atom. The minimum absolute atomic E-state index is 0.126. The highest BCUT2D eigenvalue weighted by Crippen LogP contribution is 2.30. The Morgan fingerprint density at radius 2 is 1.47 bits per heavy atom. The molecule has 1 N–H and O–H groups in total. The summed E-state index contributed by atoms with van der Waals surface area (Å²) in [6.45, 7) is 0.365. The minimum Gasteiger partial charge on any atom is -0.496 e. The summed E-state index contributed by atoms with van der Waals surface area (Å²) < 4.78 is 24.2. The molecule has 0 aliphatic carbocycles. The first-order valence-corrected chi connectivity index (χ1v) is 14.6. The summed E-state index contributed by atoms with van der Waals surface area (Å²) in [6.07, 6.45) is 0.482. The van der Waals surface area contributed by atoms with Crippen LogP contribution in [0.5, 0.6) is 28.7 Å². The molecule has 4 aromatic carbocycles. The molecule has 0 bridgehead atoms. The molecule has 0 saturated heterocycles. The SMILES string of the molecule is COc1ccccc1CNC(=O)CSc1nnc(Cc2ccc(OC)c(OC)c2)n1-c1ccc(Oc2ccccc2)cc1. The van der Waals surface area contributed by atoms with Crippen LogP contribution >= 0.6 is 11.8 Å². The highest BCUT2D eigenvalue weighted by molar-refractivity contribution is 7.99. The van der Waals surface area contributed by atoms with Crippen molar-refractivity contribution >= 4 is 17.7 Å². The summed E-state index contributed by atoms with van der Waals surface area (Å²) in [5.41, 5.74) is 2.72. The number of carbonyl (C=O) groups excluding carboxylic acids is 1. The van der Waals surface area contributed by atoms with Crippen molar-refractivity contribution in [2.45, 2.75) is 18.1 Å². The van der Waals surface area contributed by atoms with E-state index in [1.807, 2.05) is 102 Å². The molecule has 0 aliphatic rings. The summed E-state index contributed by atoms with van der Waals surface area (Å²) in [4.78, 5) is 12.8. The summed E-state index contributed by atoms with van der Waals surface area (Å²) in [7, 11) is 4.83. The van der Waals surface area contributed by atoms with Gasteiger partial charge in [-0.3, -0.25) is 9.36 Å². The fourth-order valence-electron chi connectivity index (χ4n) is 4.45. The lowest BCUT2D eigenvalue weighted by Gasteiger charge is -2.13. The second kappa shape index (κ2) is 14.3. The second-order valence-electron chi connectivity index (χ2n) is 9.39. The van der Waals surface area contributed by atoms with Crippen molar-refractivity contribution in [1.82, 2.24) is 20.1 Å². The van der Waals surface area contributed by atoms with E-state index in [-0.39, 0.29) is 11.7 Å². The van der Waals surface area contributed by atoms with Crippen LogP contribution in [-0.2, 0) is 17.8 Å². The molecule has 0 unspecified atom stereocenters. The maximum absolute atomic E-state index is 12.8. The summed E-state index contributed by atoms with van der Waals surface area (Å²) >= 11 is 1.32. The number of thioether (sulfide) groups is 1. The number of rotatable bonds is 13. The molecular weight excluding hydrogens is 564 g/mol. The van der Waals surface area contributed by atoms with Crippen molar-refractivity contribution in [2.24, 2.45) is 0 Å². The second-order valence-corrected chi connectivity index (χ2v) is 10.3. The Hall–Kier alpha value is -4.96. The molecule has 5 rings (SSSR count). The van der Waals surface area contributed by atoms with Gasteiger partial charge >= 0.3 is 0 Å². The first-order chi connectivity index (χ1) is 21.1. The molecule has 43 heavy (non-hydrogen) atoms. The zero-order chi connectivity index (χ0) is 30.0. The van der Waals surface area contributed by atoms with Crippen molar-refractivity contribution in [2.75, 3.05) is 27.1 Å². The number of carbonyl (C=O) groups is 1. The Morgan fingerprint density at radius 3 is 2.21 bits per heavy atom. The minimum atomic E-state index is -0.126. The van der Waals surface area contributed by atoms with Gasteiger partial charge in [-0.15, -0.1) is 10.2 Å². The molecule has 1 aromatic heterocycles. The average Bonchev–Trinajstić information content (AvgIpc) is 3.45. The van der Waals surface area contributed by atoms with Gasteiger partial charge in [-0.1, -0.05) is 54.2 Å². The maximum atomic E-state index is 12.8. The topological polar surface area (TPSA) is 96.7 Å². The van der Waals surface area contributed by atoms with Gasteiger partial charge in [0.1, 0.15) is 23.1 Å². The first-order valence-electron chi connectivity index (χ1n) is 13.6. The van der Waals surface area contributed by atoms with Gasteiger partial charge < -0.3 is 24.3 Å². The van der Waals surface area contributed by atoms with Crippen LogP contribution in [0, 0.1) is 0 Å². The Labute approximate surface area is 254 Å². The third-order valence-electron chi connectivity index (χ3n) is 6.59. The van der Waals surface area contributed by atoms with Crippen LogP contribution in [0.3, 0.4) is 0 Å².